The van der Waals surface area contributed by atoms with Crippen molar-refractivity contribution in [3.05, 3.63) is 71.3 Å². The van der Waals surface area contributed by atoms with Gasteiger partial charge in [0.25, 0.3) is 5.91 Å². The fourth-order valence-electron chi connectivity index (χ4n) is 2.59. The molecule has 1 atom stereocenters. The van der Waals surface area contributed by atoms with Crippen molar-refractivity contribution in [2.24, 2.45) is 5.92 Å². The molecule has 0 aliphatic heterocycles. The van der Waals surface area contributed by atoms with Crippen LogP contribution in [0.5, 0.6) is 0 Å². The number of benzene rings is 1. The van der Waals surface area contributed by atoms with E-state index in [4.69, 9.17) is 0 Å². The van der Waals surface area contributed by atoms with Gasteiger partial charge in [-0.25, -0.2) is 4.98 Å². The Morgan fingerprint density at radius 2 is 2.00 bits per heavy atom. The number of nitrogens with one attached hydrogen (secondary N) is 1. The van der Waals surface area contributed by atoms with Gasteiger partial charge in [-0.2, -0.15) is 23.1 Å². The van der Waals surface area contributed by atoms with E-state index in [1.165, 1.54) is 18.3 Å². The minimum Gasteiger partial charge on any atom is -0.344 e. The first-order valence-electron chi connectivity index (χ1n) is 7.77. The largest absolute Gasteiger partial charge is 0.344 e. The Morgan fingerprint density at radius 1 is 1.28 bits per heavy atom. The monoisotopic (exact) mass is 355 g/mol. The molecular weight excluding hydrogens is 337 g/mol. The summed E-state index contributed by atoms with van der Waals surface area (Å²) in [4.78, 5) is 16.0. The Balaban J connectivity index is 0.00000225. The molecule has 1 aliphatic carbocycles. The Bertz CT molecular complexity index is 813. The van der Waals surface area contributed by atoms with E-state index in [1.807, 2.05) is 36.4 Å². The van der Waals surface area contributed by atoms with E-state index in [0.717, 1.165) is 18.4 Å². The van der Waals surface area contributed by atoms with Gasteiger partial charge in [-0.15, -0.1) is 0 Å². The molecule has 1 fully saturated rings. The third kappa shape index (κ3) is 4.68. The molecule has 1 aromatic heterocycles. The van der Waals surface area contributed by atoms with Gasteiger partial charge in [-0.1, -0.05) is 30.3 Å². The van der Waals surface area contributed by atoms with Gasteiger partial charge in [0.2, 0.25) is 5.95 Å². The predicted molar refractivity (Wildman–Crippen MR) is 98.2 cm³/mol. The summed E-state index contributed by atoms with van der Waals surface area (Å²) >= 11 is 0. The number of halogens is 1. The van der Waals surface area contributed by atoms with Crippen LogP contribution in [0.4, 0.5) is 4.39 Å². The Hall–Kier alpha value is -2.65. The quantitative estimate of drug-likeness (QED) is 0.507. The van der Waals surface area contributed by atoms with Crippen molar-refractivity contribution in [1.29, 1.82) is 5.26 Å². The van der Waals surface area contributed by atoms with Crippen LogP contribution in [0.2, 0.25) is 0 Å². The van der Waals surface area contributed by atoms with E-state index in [9.17, 15) is 14.4 Å². The molecule has 0 saturated heterocycles. The first kappa shape index (κ1) is 18.7. The van der Waals surface area contributed by atoms with Crippen molar-refractivity contribution in [2.75, 3.05) is 0 Å². The normalized spacial score (nSPS) is 14.8. The van der Waals surface area contributed by atoms with Crippen LogP contribution in [0.1, 0.15) is 30.0 Å². The van der Waals surface area contributed by atoms with Crippen LogP contribution < -0.4 is 5.32 Å². The molecule has 1 saturated carbocycles. The number of carbonyl (C=O) groups is 1. The Morgan fingerprint density at radius 3 is 2.60 bits per heavy atom. The average Bonchev–Trinajstić information content (AvgIpc) is 3.44. The molecule has 0 spiro atoms. The number of amides is 1. The average molecular weight is 355 g/mol. The first-order valence-corrected chi connectivity index (χ1v) is 7.77. The van der Waals surface area contributed by atoms with E-state index in [1.54, 1.807) is 6.07 Å². The molecular formula is C19H18FN3OS. The molecule has 1 amide bonds. The lowest BCUT2D eigenvalue weighted by Gasteiger charge is -2.18. The van der Waals surface area contributed by atoms with Crippen LogP contribution in [0.15, 0.2) is 54.2 Å². The van der Waals surface area contributed by atoms with Gasteiger partial charge >= 0.3 is 0 Å². The molecule has 0 unspecified atom stereocenters. The zero-order valence-electron chi connectivity index (χ0n) is 13.4. The molecule has 1 aliphatic rings. The number of hydrogen-bond acceptors (Lipinski definition) is 3. The van der Waals surface area contributed by atoms with E-state index >= 15 is 0 Å². The third-order valence-electron chi connectivity index (χ3n) is 3.99. The second-order valence-electron chi connectivity index (χ2n) is 5.75. The van der Waals surface area contributed by atoms with Crippen molar-refractivity contribution in [2.45, 2.75) is 18.9 Å². The van der Waals surface area contributed by atoms with Crippen LogP contribution in [0, 0.1) is 23.2 Å². The topological polar surface area (TPSA) is 65.8 Å². The maximum absolute atomic E-state index is 13.6. The number of carbonyl (C=O) groups excluding carboxylic acids is 1. The van der Waals surface area contributed by atoms with Crippen molar-refractivity contribution >= 4 is 25.5 Å². The third-order valence-corrected chi connectivity index (χ3v) is 3.99. The summed E-state index contributed by atoms with van der Waals surface area (Å²) in [5.41, 5.74) is 0.994. The summed E-state index contributed by atoms with van der Waals surface area (Å²) in [5, 5.41) is 12.2. The fourth-order valence-corrected chi connectivity index (χ4v) is 2.59. The minimum absolute atomic E-state index is 0. The molecule has 2 aromatic rings. The summed E-state index contributed by atoms with van der Waals surface area (Å²) < 4.78 is 13.6. The summed E-state index contributed by atoms with van der Waals surface area (Å²) in [6.45, 7) is 0. The van der Waals surface area contributed by atoms with Crippen molar-refractivity contribution in [3.8, 4) is 6.07 Å². The lowest BCUT2D eigenvalue weighted by molar-refractivity contribution is -0.117. The SMILES string of the molecule is N#C/C(=C\c1cccnc1F)C(=O)N[C@H](c1ccccc1)C1CC1.S. The molecule has 0 bridgehead atoms. The van der Waals surface area contributed by atoms with Gasteiger partial charge in [0.15, 0.2) is 0 Å². The summed E-state index contributed by atoms with van der Waals surface area (Å²) in [6, 6.07) is 14.4. The number of rotatable bonds is 5. The molecule has 25 heavy (non-hydrogen) atoms. The maximum atomic E-state index is 13.6. The highest BCUT2D eigenvalue weighted by Crippen LogP contribution is 2.41. The number of pyridine rings is 1. The van der Waals surface area contributed by atoms with Gasteiger partial charge in [-0.3, -0.25) is 4.79 Å². The van der Waals surface area contributed by atoms with E-state index in [-0.39, 0.29) is 30.7 Å². The molecule has 0 radical (unpaired) electrons. The second-order valence-corrected chi connectivity index (χ2v) is 5.75. The van der Waals surface area contributed by atoms with Crippen LogP contribution in [-0.2, 0) is 4.79 Å². The number of hydrogen-bond donors (Lipinski definition) is 1. The molecule has 128 valence electrons. The molecule has 4 nitrogen and oxygen atoms in total. The maximum Gasteiger partial charge on any atom is 0.262 e. The van der Waals surface area contributed by atoms with Crippen LogP contribution in [0.3, 0.4) is 0 Å². The van der Waals surface area contributed by atoms with Crippen LogP contribution >= 0.6 is 13.5 Å². The van der Waals surface area contributed by atoms with Crippen molar-refractivity contribution in [1.82, 2.24) is 10.3 Å². The first-order chi connectivity index (χ1) is 11.7. The lowest BCUT2D eigenvalue weighted by atomic mass is 10.0. The number of aromatic nitrogens is 1. The number of nitriles is 1. The van der Waals surface area contributed by atoms with Gasteiger partial charge in [-0.05, 0) is 42.5 Å². The lowest BCUT2D eigenvalue weighted by Crippen LogP contribution is -2.30. The molecule has 3 rings (SSSR count). The van der Waals surface area contributed by atoms with Gasteiger partial charge < -0.3 is 5.32 Å². The molecule has 6 heteroatoms. The summed E-state index contributed by atoms with van der Waals surface area (Å²) in [5.74, 6) is -0.826. The highest BCUT2D eigenvalue weighted by atomic mass is 32.1. The summed E-state index contributed by atoms with van der Waals surface area (Å²) in [7, 11) is 0. The zero-order valence-corrected chi connectivity index (χ0v) is 14.4. The fraction of sp³-hybridized carbons (Fsp3) is 0.211. The minimum atomic E-state index is -0.708. The smallest absolute Gasteiger partial charge is 0.262 e. The van der Waals surface area contributed by atoms with Gasteiger partial charge in [0.05, 0.1) is 6.04 Å². The number of nitrogens with zero attached hydrogens (tertiary/aromatic N) is 2. The second kappa shape index (κ2) is 8.45. The zero-order chi connectivity index (χ0) is 16.9. The highest BCUT2D eigenvalue weighted by Gasteiger charge is 2.33. The van der Waals surface area contributed by atoms with E-state index in [2.05, 4.69) is 10.3 Å². The van der Waals surface area contributed by atoms with Crippen molar-refractivity contribution < 1.29 is 9.18 Å². The van der Waals surface area contributed by atoms with E-state index in [0.29, 0.717) is 5.92 Å². The van der Waals surface area contributed by atoms with Crippen LogP contribution in [0.25, 0.3) is 6.08 Å². The van der Waals surface area contributed by atoms with Gasteiger partial charge in [0.1, 0.15) is 11.6 Å². The summed E-state index contributed by atoms with van der Waals surface area (Å²) in [6.07, 6.45) is 4.63. The molecule has 1 aromatic carbocycles. The predicted octanol–water partition coefficient (Wildman–Crippen LogP) is 3.51. The highest BCUT2D eigenvalue weighted by molar-refractivity contribution is 7.59. The Kier molecular flexibility index (Phi) is 6.31. The Labute approximate surface area is 152 Å². The van der Waals surface area contributed by atoms with Crippen LogP contribution in [-0.4, -0.2) is 10.9 Å². The van der Waals surface area contributed by atoms with E-state index < -0.39 is 11.9 Å². The standard InChI is InChI=1S/C19H16FN3O.H2S/c20-18-15(7-4-10-22-18)11-16(12-21)19(24)23-17(14-8-9-14)13-5-2-1-3-6-13;/h1-7,10-11,14,17H,8-9H2,(H,23,24);1H2/b16-11+;/t17-;/m1./s1. The van der Waals surface area contributed by atoms with Crippen molar-refractivity contribution in [3.63, 3.8) is 0 Å². The molecule has 1 heterocycles. The molecule has 1 N–H and O–H groups in total. The van der Waals surface area contributed by atoms with Gasteiger partial charge in [0, 0.05) is 11.8 Å².